The van der Waals surface area contributed by atoms with E-state index < -0.39 is 5.91 Å². The number of benzene rings is 2. The number of halogens is 2. The Kier molecular flexibility index (Phi) is 5.58. The lowest BCUT2D eigenvalue weighted by Gasteiger charge is -2.28. The van der Waals surface area contributed by atoms with Gasteiger partial charge in [-0.2, -0.15) is 0 Å². The predicted molar refractivity (Wildman–Crippen MR) is 111 cm³/mol. The number of Topliss-reactive ketones (excluding diaryl/α,β-unsaturated/α-hetero) is 1. The molecule has 1 N–H and O–H groups in total. The average Bonchev–Trinajstić information content (AvgIpc) is 2.74. The van der Waals surface area contributed by atoms with Crippen molar-refractivity contribution in [3.63, 3.8) is 0 Å². The number of anilines is 1. The summed E-state index contributed by atoms with van der Waals surface area (Å²) in [4.78, 5) is 29.2. The number of aromatic nitrogens is 1. The molecule has 1 aliphatic rings. The zero-order valence-corrected chi connectivity index (χ0v) is 16.5. The zero-order chi connectivity index (χ0) is 20.4. The normalized spacial score (nSPS) is 19.1. The number of pyridine rings is 1. The second kappa shape index (κ2) is 8.29. The van der Waals surface area contributed by atoms with Gasteiger partial charge in [-0.05, 0) is 85.7 Å². The second-order valence-corrected chi connectivity index (χ2v) is 7.87. The predicted octanol–water partition coefficient (Wildman–Crippen LogP) is 5.51. The Balaban J connectivity index is 1.41. The minimum absolute atomic E-state index is 0.227. The fourth-order valence-corrected chi connectivity index (χ4v) is 4.20. The van der Waals surface area contributed by atoms with E-state index in [2.05, 4.69) is 10.3 Å². The van der Waals surface area contributed by atoms with Crippen molar-refractivity contribution in [1.82, 2.24) is 4.98 Å². The molecule has 0 unspecified atom stereocenters. The maximum Gasteiger partial charge on any atom is 0.292 e. The first-order chi connectivity index (χ1) is 14.0. The van der Waals surface area contributed by atoms with E-state index in [1.807, 2.05) is 6.07 Å². The first kappa shape index (κ1) is 19.5. The van der Waals surface area contributed by atoms with E-state index in [0.29, 0.717) is 23.6 Å². The number of amides is 1. The van der Waals surface area contributed by atoms with E-state index in [0.717, 1.165) is 29.3 Å². The van der Waals surface area contributed by atoms with Crippen molar-refractivity contribution >= 4 is 39.9 Å². The number of rotatable bonds is 4. The minimum atomic E-state index is -0.591. The summed E-state index contributed by atoms with van der Waals surface area (Å²) in [5.74, 6) is -1.32. The highest BCUT2D eigenvalue weighted by molar-refractivity contribution is 6.41. The average molecular weight is 411 g/mol. The van der Waals surface area contributed by atoms with Crippen LogP contribution < -0.4 is 5.32 Å². The first-order valence-electron chi connectivity index (χ1n) is 9.66. The van der Waals surface area contributed by atoms with Crippen LogP contribution in [0.3, 0.4) is 0 Å². The number of carbonyl (C=O) groups is 2. The first-order valence-corrected chi connectivity index (χ1v) is 10.0. The lowest BCUT2D eigenvalue weighted by Crippen LogP contribution is -2.31. The van der Waals surface area contributed by atoms with E-state index >= 15 is 0 Å². The van der Waals surface area contributed by atoms with Crippen LogP contribution in [0.2, 0.25) is 5.02 Å². The summed E-state index contributed by atoms with van der Waals surface area (Å²) in [6, 6.07) is 13.2. The van der Waals surface area contributed by atoms with Crippen molar-refractivity contribution in [3.05, 3.63) is 71.1 Å². The summed E-state index contributed by atoms with van der Waals surface area (Å²) in [6.07, 6.45) is 4.57. The summed E-state index contributed by atoms with van der Waals surface area (Å²) in [6.45, 7) is 0. The van der Waals surface area contributed by atoms with Crippen LogP contribution in [0.5, 0.6) is 0 Å². The zero-order valence-electron chi connectivity index (χ0n) is 15.7. The van der Waals surface area contributed by atoms with E-state index in [1.54, 1.807) is 36.5 Å². The Bertz CT molecular complexity index is 1060. The van der Waals surface area contributed by atoms with Crippen molar-refractivity contribution in [1.29, 1.82) is 0 Å². The third-order valence-corrected chi connectivity index (χ3v) is 5.85. The molecule has 2 aromatic carbocycles. The molecular formula is C23H20ClFN2O2. The number of nitrogens with one attached hydrogen (secondary N) is 1. The van der Waals surface area contributed by atoms with Gasteiger partial charge >= 0.3 is 0 Å². The molecule has 1 amide bonds. The molecule has 1 aromatic heterocycles. The Morgan fingerprint density at radius 2 is 1.72 bits per heavy atom. The minimum Gasteiger partial charge on any atom is -0.319 e. The van der Waals surface area contributed by atoms with Gasteiger partial charge in [-0.25, -0.2) is 4.39 Å². The summed E-state index contributed by atoms with van der Waals surface area (Å²) >= 11 is 5.84. The molecule has 3 aromatic rings. The van der Waals surface area contributed by atoms with Gasteiger partial charge in [0, 0.05) is 28.2 Å². The molecule has 0 radical (unpaired) electrons. The molecule has 1 aliphatic carbocycles. The monoisotopic (exact) mass is 410 g/mol. The third kappa shape index (κ3) is 4.30. The maximum atomic E-state index is 13.7. The molecule has 0 aliphatic heterocycles. The Morgan fingerprint density at radius 1 is 1.00 bits per heavy atom. The van der Waals surface area contributed by atoms with Crippen LogP contribution in [0, 0.1) is 11.7 Å². The lowest BCUT2D eigenvalue weighted by molar-refractivity contribution is -0.137. The quantitative estimate of drug-likeness (QED) is 0.577. The highest BCUT2D eigenvalue weighted by Gasteiger charge is 2.31. The number of nitrogens with zero attached hydrogens (tertiary/aromatic N) is 1. The molecule has 148 valence electrons. The fraction of sp³-hybridized carbons (Fsp3) is 0.261. The van der Waals surface area contributed by atoms with E-state index in [-0.39, 0.29) is 23.4 Å². The van der Waals surface area contributed by atoms with Gasteiger partial charge in [-0.15, -0.1) is 0 Å². The highest BCUT2D eigenvalue weighted by Crippen LogP contribution is 2.38. The van der Waals surface area contributed by atoms with Crippen LogP contribution >= 0.6 is 11.6 Å². The van der Waals surface area contributed by atoms with Crippen LogP contribution in [0.4, 0.5) is 10.1 Å². The van der Waals surface area contributed by atoms with Crippen LogP contribution in [0.15, 0.2) is 54.7 Å². The molecule has 0 saturated heterocycles. The fourth-order valence-electron chi connectivity index (χ4n) is 4.07. The summed E-state index contributed by atoms with van der Waals surface area (Å²) < 4.78 is 13.7. The second-order valence-electron chi connectivity index (χ2n) is 7.44. The number of hydrogen-bond donors (Lipinski definition) is 1. The number of ketones is 1. The summed E-state index contributed by atoms with van der Waals surface area (Å²) in [7, 11) is 0. The van der Waals surface area contributed by atoms with Crippen molar-refractivity contribution in [3.8, 4) is 0 Å². The van der Waals surface area contributed by atoms with Crippen LogP contribution in [0.25, 0.3) is 10.9 Å². The smallest absolute Gasteiger partial charge is 0.292 e. The SMILES string of the molecule is O=C(Nc1ccc(Cl)cc1)C(=O)C1CCC(c2ccnc3ccc(F)cc23)CC1. The van der Waals surface area contributed by atoms with Crippen LogP contribution in [-0.2, 0) is 9.59 Å². The van der Waals surface area contributed by atoms with E-state index in [9.17, 15) is 14.0 Å². The van der Waals surface area contributed by atoms with Crippen molar-refractivity contribution in [2.75, 3.05) is 5.32 Å². The molecule has 0 bridgehead atoms. The Labute approximate surface area is 173 Å². The molecule has 1 fully saturated rings. The lowest BCUT2D eigenvalue weighted by atomic mass is 9.76. The number of fused-ring (bicyclic) bond motifs is 1. The van der Waals surface area contributed by atoms with Gasteiger partial charge in [-0.3, -0.25) is 14.6 Å². The summed E-state index contributed by atoms with van der Waals surface area (Å²) in [5, 5.41) is 4.03. The number of carbonyl (C=O) groups excluding carboxylic acids is 2. The largest absolute Gasteiger partial charge is 0.319 e. The van der Waals surface area contributed by atoms with Crippen molar-refractivity contribution in [2.24, 2.45) is 5.92 Å². The van der Waals surface area contributed by atoms with Gasteiger partial charge in [0.1, 0.15) is 5.82 Å². The maximum absolute atomic E-state index is 13.7. The Morgan fingerprint density at radius 3 is 2.45 bits per heavy atom. The third-order valence-electron chi connectivity index (χ3n) is 5.60. The topological polar surface area (TPSA) is 59.1 Å². The molecule has 0 atom stereocenters. The molecule has 6 heteroatoms. The molecular weight excluding hydrogens is 391 g/mol. The number of hydrogen-bond acceptors (Lipinski definition) is 3. The van der Waals surface area contributed by atoms with Crippen LogP contribution in [0.1, 0.15) is 37.2 Å². The Hall–Kier alpha value is -2.79. The molecule has 0 spiro atoms. The van der Waals surface area contributed by atoms with Gasteiger partial charge in [0.05, 0.1) is 5.52 Å². The highest BCUT2D eigenvalue weighted by atomic mass is 35.5. The van der Waals surface area contributed by atoms with Crippen molar-refractivity contribution < 1.29 is 14.0 Å². The van der Waals surface area contributed by atoms with Gasteiger partial charge in [0.15, 0.2) is 0 Å². The molecule has 4 rings (SSSR count). The molecule has 1 saturated carbocycles. The molecule has 29 heavy (non-hydrogen) atoms. The van der Waals surface area contributed by atoms with Crippen LogP contribution in [-0.4, -0.2) is 16.7 Å². The van der Waals surface area contributed by atoms with E-state index in [4.69, 9.17) is 11.6 Å². The van der Waals surface area contributed by atoms with Gasteiger partial charge in [0.2, 0.25) is 5.78 Å². The summed E-state index contributed by atoms with van der Waals surface area (Å²) in [5.41, 5.74) is 2.38. The molecule has 1 heterocycles. The van der Waals surface area contributed by atoms with Gasteiger partial charge in [0.25, 0.3) is 5.91 Å². The molecule has 4 nitrogen and oxygen atoms in total. The van der Waals surface area contributed by atoms with Gasteiger partial charge < -0.3 is 5.32 Å². The van der Waals surface area contributed by atoms with Crippen molar-refractivity contribution in [2.45, 2.75) is 31.6 Å². The van der Waals surface area contributed by atoms with E-state index in [1.165, 1.54) is 12.1 Å². The standard InChI is InChI=1S/C23H20ClFN2O2/c24-16-5-8-18(9-6-16)27-23(29)22(28)15-3-1-14(2-4-15)19-11-12-26-21-10-7-17(25)13-20(19)21/h5-15H,1-4H2,(H,27,29). The van der Waals surface area contributed by atoms with Gasteiger partial charge in [-0.1, -0.05) is 11.6 Å².